The van der Waals surface area contributed by atoms with Crippen LogP contribution in [0.25, 0.3) is 0 Å². The van der Waals surface area contributed by atoms with Crippen LogP contribution in [0, 0.1) is 57.7 Å². The van der Waals surface area contributed by atoms with Crippen molar-refractivity contribution in [2.24, 2.45) is 46.3 Å². The Morgan fingerprint density at radius 1 is 1.00 bits per heavy atom. The molecule has 1 aromatic rings. The van der Waals surface area contributed by atoms with Crippen molar-refractivity contribution in [3.63, 3.8) is 0 Å². The molecule has 0 saturated heterocycles. The molecule has 0 bridgehead atoms. The van der Waals surface area contributed by atoms with Gasteiger partial charge in [-0.25, -0.2) is 0 Å². The third-order valence-corrected chi connectivity index (χ3v) is 11.0. The summed E-state index contributed by atoms with van der Waals surface area (Å²) in [6, 6.07) is 10.8. The normalized spacial score (nSPS) is 44.3. The van der Waals surface area contributed by atoms with Crippen molar-refractivity contribution in [3.8, 4) is 6.07 Å². The molecule has 0 spiro atoms. The maximum Gasteiger partial charge on any atom is 0.0992 e. The van der Waals surface area contributed by atoms with Gasteiger partial charge in [0.1, 0.15) is 0 Å². The number of nitriles is 1. The fourth-order valence-electron chi connectivity index (χ4n) is 9.71. The molecule has 5 rings (SSSR count). The summed E-state index contributed by atoms with van der Waals surface area (Å²) in [6.45, 7) is 10.2. The minimum absolute atomic E-state index is 0.456. The van der Waals surface area contributed by atoms with Gasteiger partial charge in [-0.2, -0.15) is 5.26 Å². The average Bonchev–Trinajstić information content (AvgIpc) is 2.77. The summed E-state index contributed by atoms with van der Waals surface area (Å²) in [7, 11) is 0. The zero-order chi connectivity index (χ0) is 22.5. The summed E-state index contributed by atoms with van der Waals surface area (Å²) in [5.74, 6) is 5.54. The van der Waals surface area contributed by atoms with E-state index in [2.05, 4.69) is 45.1 Å². The molecule has 0 aliphatic heterocycles. The van der Waals surface area contributed by atoms with Gasteiger partial charge in [0, 0.05) is 11.7 Å². The molecule has 2 unspecified atom stereocenters. The number of hydrogen-bond donors (Lipinski definition) is 1. The van der Waals surface area contributed by atoms with E-state index in [0.717, 1.165) is 46.8 Å². The highest BCUT2D eigenvalue weighted by Crippen LogP contribution is 2.66. The van der Waals surface area contributed by atoms with E-state index in [4.69, 9.17) is 0 Å². The maximum absolute atomic E-state index is 9.29. The lowest BCUT2D eigenvalue weighted by molar-refractivity contribution is -0.134. The molecule has 0 amide bonds. The standard InChI is InChI=1S/C30H44N2/c1-20-11-12-27-24-14-16-30(4)26(21(2)32-23-8-5-7-22(17-23)19-31)9-6-10-28(30)25(24)13-15-29(27,3)18-20/h5,7-8,17,20-21,24-28,32H,6,9-16,18H2,1-4H3/t20-,21+,24?,25+,26+,27+,28?,29+,30+/m0/s1. The van der Waals surface area contributed by atoms with Gasteiger partial charge < -0.3 is 5.32 Å². The molecule has 4 fully saturated rings. The highest BCUT2D eigenvalue weighted by Gasteiger charge is 2.58. The second kappa shape index (κ2) is 8.38. The fourth-order valence-corrected chi connectivity index (χ4v) is 9.71. The van der Waals surface area contributed by atoms with Gasteiger partial charge in [0.05, 0.1) is 11.6 Å². The molecule has 9 atom stereocenters. The van der Waals surface area contributed by atoms with E-state index in [1.54, 1.807) is 0 Å². The van der Waals surface area contributed by atoms with Gasteiger partial charge in [-0.3, -0.25) is 0 Å². The SMILES string of the molecule is C[C@H]1CC[C@@H]2C3CC[C@@]4(C)C(CCC[C@@H]4[C@@H](C)Nc4cccc(C#N)c4)[C@@H]3CC[C@]2(C)C1. The van der Waals surface area contributed by atoms with Gasteiger partial charge in [0.2, 0.25) is 0 Å². The molecule has 2 heteroatoms. The highest BCUT2D eigenvalue weighted by molar-refractivity contribution is 5.49. The first-order valence-electron chi connectivity index (χ1n) is 13.6. The minimum atomic E-state index is 0.456. The van der Waals surface area contributed by atoms with Gasteiger partial charge in [0.25, 0.3) is 0 Å². The quantitative estimate of drug-likeness (QED) is 0.524. The smallest absolute Gasteiger partial charge is 0.0992 e. The van der Waals surface area contributed by atoms with Crippen molar-refractivity contribution in [2.45, 2.75) is 97.9 Å². The van der Waals surface area contributed by atoms with Crippen LogP contribution < -0.4 is 5.32 Å². The molecular weight excluding hydrogens is 388 g/mol. The van der Waals surface area contributed by atoms with Crippen molar-refractivity contribution in [2.75, 3.05) is 5.32 Å². The number of fused-ring (bicyclic) bond motifs is 5. The van der Waals surface area contributed by atoms with Crippen LogP contribution in [0.15, 0.2) is 24.3 Å². The number of nitrogens with zero attached hydrogens (tertiary/aromatic N) is 1. The zero-order valence-corrected chi connectivity index (χ0v) is 20.9. The number of hydrogen-bond acceptors (Lipinski definition) is 2. The van der Waals surface area contributed by atoms with E-state index in [1.807, 2.05) is 18.2 Å². The van der Waals surface area contributed by atoms with Crippen LogP contribution in [0.4, 0.5) is 5.69 Å². The van der Waals surface area contributed by atoms with E-state index in [-0.39, 0.29) is 0 Å². The molecule has 32 heavy (non-hydrogen) atoms. The summed E-state index contributed by atoms with van der Waals surface area (Å²) in [6.07, 6.45) is 14.5. The predicted molar refractivity (Wildman–Crippen MR) is 133 cm³/mol. The number of anilines is 1. The van der Waals surface area contributed by atoms with E-state index in [0.29, 0.717) is 16.9 Å². The van der Waals surface area contributed by atoms with Crippen molar-refractivity contribution < 1.29 is 0 Å². The van der Waals surface area contributed by atoms with E-state index >= 15 is 0 Å². The van der Waals surface area contributed by atoms with Crippen LogP contribution in [-0.2, 0) is 0 Å². The number of nitrogens with one attached hydrogen (secondary N) is 1. The molecule has 0 heterocycles. The molecule has 0 aromatic heterocycles. The van der Waals surface area contributed by atoms with Gasteiger partial charge in [0.15, 0.2) is 0 Å². The zero-order valence-electron chi connectivity index (χ0n) is 20.9. The molecule has 174 valence electrons. The lowest BCUT2D eigenvalue weighted by atomic mass is 9.42. The van der Waals surface area contributed by atoms with E-state index in [9.17, 15) is 5.26 Å². The molecule has 1 aromatic carbocycles. The third-order valence-electron chi connectivity index (χ3n) is 11.0. The Balaban J connectivity index is 1.35. The van der Waals surface area contributed by atoms with Crippen molar-refractivity contribution >= 4 is 5.69 Å². The van der Waals surface area contributed by atoms with Gasteiger partial charge in [-0.1, -0.05) is 39.7 Å². The number of benzene rings is 1. The van der Waals surface area contributed by atoms with Crippen LogP contribution in [0.1, 0.15) is 97.5 Å². The maximum atomic E-state index is 9.29. The van der Waals surface area contributed by atoms with Crippen LogP contribution >= 0.6 is 0 Å². The topological polar surface area (TPSA) is 35.8 Å². The first-order valence-corrected chi connectivity index (χ1v) is 13.6. The lowest BCUT2D eigenvalue weighted by Gasteiger charge is -2.63. The molecule has 2 nitrogen and oxygen atoms in total. The molecule has 4 aliphatic rings. The third kappa shape index (κ3) is 3.69. The van der Waals surface area contributed by atoms with E-state index in [1.165, 1.54) is 64.2 Å². The van der Waals surface area contributed by atoms with Gasteiger partial charge in [-0.05, 0) is 123 Å². The molecule has 4 aliphatic carbocycles. The average molecular weight is 433 g/mol. The van der Waals surface area contributed by atoms with Crippen molar-refractivity contribution in [1.29, 1.82) is 5.26 Å². The second-order valence-electron chi connectivity index (χ2n) is 12.8. The first-order chi connectivity index (χ1) is 15.3. The summed E-state index contributed by atoms with van der Waals surface area (Å²) < 4.78 is 0. The largest absolute Gasteiger partial charge is 0.382 e. The molecular formula is C30H44N2. The van der Waals surface area contributed by atoms with Crippen molar-refractivity contribution in [3.05, 3.63) is 29.8 Å². The Bertz CT molecular complexity index is 870. The number of rotatable bonds is 3. The Hall–Kier alpha value is -1.49. The van der Waals surface area contributed by atoms with Crippen LogP contribution in [0.5, 0.6) is 0 Å². The summed E-state index contributed by atoms with van der Waals surface area (Å²) >= 11 is 0. The fraction of sp³-hybridized carbons (Fsp3) is 0.767. The monoisotopic (exact) mass is 432 g/mol. The van der Waals surface area contributed by atoms with Gasteiger partial charge >= 0.3 is 0 Å². The Kier molecular flexibility index (Phi) is 5.84. The summed E-state index contributed by atoms with van der Waals surface area (Å²) in [5, 5.41) is 13.1. The summed E-state index contributed by atoms with van der Waals surface area (Å²) in [5.41, 5.74) is 2.96. The van der Waals surface area contributed by atoms with Gasteiger partial charge in [-0.15, -0.1) is 0 Å². The van der Waals surface area contributed by atoms with Crippen molar-refractivity contribution in [1.82, 2.24) is 0 Å². The van der Waals surface area contributed by atoms with Crippen LogP contribution in [-0.4, -0.2) is 6.04 Å². The lowest BCUT2D eigenvalue weighted by Crippen LogP contribution is -2.56. The second-order valence-corrected chi connectivity index (χ2v) is 12.8. The Labute approximate surface area is 196 Å². The van der Waals surface area contributed by atoms with Crippen LogP contribution in [0.3, 0.4) is 0 Å². The highest BCUT2D eigenvalue weighted by atomic mass is 14.9. The van der Waals surface area contributed by atoms with E-state index < -0.39 is 0 Å². The Morgan fingerprint density at radius 3 is 2.59 bits per heavy atom. The molecule has 1 N–H and O–H groups in total. The molecule has 0 radical (unpaired) electrons. The van der Waals surface area contributed by atoms with Crippen LogP contribution in [0.2, 0.25) is 0 Å². The Morgan fingerprint density at radius 2 is 1.78 bits per heavy atom. The first kappa shape index (κ1) is 22.3. The summed E-state index contributed by atoms with van der Waals surface area (Å²) in [4.78, 5) is 0. The molecule has 4 saturated carbocycles. The minimum Gasteiger partial charge on any atom is -0.382 e. The predicted octanol–water partition coefficient (Wildman–Crippen LogP) is 8.04.